The van der Waals surface area contributed by atoms with Crippen molar-refractivity contribution in [2.45, 2.75) is 36.1 Å². The van der Waals surface area contributed by atoms with Crippen molar-refractivity contribution >= 4 is 11.6 Å². The second-order valence-corrected chi connectivity index (χ2v) is 13.7. The Labute approximate surface area is 295 Å². The molecule has 10 nitrogen and oxygen atoms in total. The van der Waals surface area contributed by atoms with Crippen LogP contribution >= 0.6 is 0 Å². The molecule has 0 saturated carbocycles. The second kappa shape index (κ2) is 10.7. The first-order valence-electron chi connectivity index (χ1n) is 16.8. The summed E-state index contributed by atoms with van der Waals surface area (Å²) in [7, 11) is 0. The lowest BCUT2D eigenvalue weighted by Gasteiger charge is -2.27. The van der Waals surface area contributed by atoms with Crippen molar-refractivity contribution in [1.29, 1.82) is 0 Å². The molecule has 5 aromatic carbocycles. The number of hydrogen-bond donors (Lipinski definition) is 5. The summed E-state index contributed by atoms with van der Waals surface area (Å²) in [5.41, 5.74) is 5.07. The molecule has 0 radical (unpaired) electrons. The number of rotatable bonds is 3. The first kappa shape index (κ1) is 30.2. The Morgan fingerprint density at radius 2 is 0.865 bits per heavy atom. The predicted molar refractivity (Wildman–Crippen MR) is 184 cm³/mol. The van der Waals surface area contributed by atoms with Gasteiger partial charge < -0.3 is 39.7 Å². The van der Waals surface area contributed by atoms with Gasteiger partial charge in [0.2, 0.25) is 11.6 Å². The topological polar surface area (TPSA) is 163 Å². The number of phenolic OH excluding ortho intramolecular Hbond substituents is 5. The van der Waals surface area contributed by atoms with Gasteiger partial charge >= 0.3 is 0 Å². The quantitative estimate of drug-likeness (QED) is 0.0993. The molecule has 52 heavy (non-hydrogen) atoms. The summed E-state index contributed by atoms with van der Waals surface area (Å²) >= 11 is 0. The van der Waals surface area contributed by atoms with Gasteiger partial charge in [0.15, 0.2) is 0 Å². The SMILES string of the molecule is O=C1C=C2OC(c3ccc(O)cc3)C3C2=C(C1=O)C1c2c(cc(O)cc2C2c4c(cc(O)cc43)OC2c2ccc(O)cc2)OC1c1ccc(O)cc1. The van der Waals surface area contributed by atoms with Gasteiger partial charge in [-0.15, -0.1) is 0 Å². The summed E-state index contributed by atoms with van der Waals surface area (Å²) in [6, 6.07) is 25.8. The standard InChI is InChI=1S/C42H28O10/c43-21-7-1-18(2-8-21)40-34-27-14-25(47)16-30-33(27)38(42(51-30)20-5-11-23(45)12-6-20)37-36-31(17-28(48)39(37)49)52-41(19-3-9-22(44)10-4-19)35(36)26-13-24(46)15-29(50-40)32(26)34/h1-17,34-35,38,40-47H. The highest BCUT2D eigenvalue weighted by molar-refractivity contribution is 6.49. The van der Waals surface area contributed by atoms with E-state index in [4.69, 9.17) is 14.2 Å². The number of allylic oxidation sites excluding steroid dienone is 2. The number of Topliss-reactive ketones (excluding diaryl/α,β-unsaturated/α-hetero) is 1. The first-order chi connectivity index (χ1) is 25.1. The van der Waals surface area contributed by atoms with Crippen LogP contribution < -0.4 is 9.47 Å². The fourth-order valence-electron chi connectivity index (χ4n) is 8.79. The molecule has 1 saturated heterocycles. The molecule has 0 spiro atoms. The number of aromatic hydroxyl groups is 5. The van der Waals surface area contributed by atoms with Crippen LogP contribution in [-0.2, 0) is 14.3 Å². The first-order valence-corrected chi connectivity index (χ1v) is 16.8. The molecule has 0 bridgehead atoms. The van der Waals surface area contributed by atoms with E-state index in [1.807, 2.05) is 0 Å². The van der Waals surface area contributed by atoms with Gasteiger partial charge in [0.05, 0.1) is 17.8 Å². The zero-order valence-electron chi connectivity index (χ0n) is 27.1. The van der Waals surface area contributed by atoms with Gasteiger partial charge in [-0.05, 0) is 76.3 Å². The number of ketones is 2. The molecule has 3 heterocycles. The third kappa shape index (κ3) is 4.24. The number of carbonyl (C=O) groups excluding carboxylic acids is 2. The van der Waals surface area contributed by atoms with Gasteiger partial charge in [0.25, 0.3) is 0 Å². The predicted octanol–water partition coefficient (Wildman–Crippen LogP) is 6.90. The van der Waals surface area contributed by atoms with Crippen LogP contribution in [0.1, 0.15) is 75.0 Å². The van der Waals surface area contributed by atoms with Gasteiger partial charge in [-0.3, -0.25) is 9.59 Å². The summed E-state index contributed by atoms with van der Waals surface area (Å²) in [5.74, 6) is -2.93. The van der Waals surface area contributed by atoms with Crippen LogP contribution in [0, 0.1) is 0 Å². The van der Waals surface area contributed by atoms with Gasteiger partial charge in [-0.2, -0.15) is 0 Å². The lowest BCUT2D eigenvalue weighted by atomic mass is 9.73. The van der Waals surface area contributed by atoms with E-state index < -0.39 is 47.6 Å². The van der Waals surface area contributed by atoms with E-state index in [0.29, 0.717) is 56.0 Å². The van der Waals surface area contributed by atoms with Crippen LogP contribution in [0.3, 0.4) is 0 Å². The molecule has 1 fully saturated rings. The van der Waals surface area contributed by atoms with Crippen molar-refractivity contribution in [3.8, 4) is 40.2 Å². The van der Waals surface area contributed by atoms with E-state index in [0.717, 1.165) is 0 Å². The maximum absolute atomic E-state index is 14.5. The van der Waals surface area contributed by atoms with E-state index in [-0.39, 0.29) is 40.1 Å². The zero-order chi connectivity index (χ0) is 35.6. The third-order valence-electron chi connectivity index (χ3n) is 10.9. The maximum atomic E-state index is 14.5. The minimum atomic E-state index is -0.887. The average molecular weight is 693 g/mol. The van der Waals surface area contributed by atoms with Gasteiger partial charge in [0, 0.05) is 40.5 Å². The molecule has 5 N–H and O–H groups in total. The van der Waals surface area contributed by atoms with Crippen molar-refractivity contribution in [2.75, 3.05) is 0 Å². The van der Waals surface area contributed by atoms with Crippen molar-refractivity contribution in [1.82, 2.24) is 0 Å². The molecule has 10 rings (SSSR count). The van der Waals surface area contributed by atoms with Crippen molar-refractivity contribution in [2.24, 2.45) is 0 Å². The molecular formula is C42H28O10. The van der Waals surface area contributed by atoms with Crippen LogP contribution in [0.15, 0.2) is 120 Å². The van der Waals surface area contributed by atoms with E-state index in [1.165, 1.54) is 42.5 Å². The Kier molecular flexibility index (Phi) is 6.19. The number of benzene rings is 5. The highest BCUT2D eigenvalue weighted by Gasteiger charge is 2.55. The highest BCUT2D eigenvalue weighted by Crippen LogP contribution is 2.66. The molecular weight excluding hydrogens is 664 g/mol. The van der Waals surface area contributed by atoms with Crippen LogP contribution in [-0.4, -0.2) is 37.1 Å². The monoisotopic (exact) mass is 692 g/mol. The van der Waals surface area contributed by atoms with Crippen LogP contribution in [0.4, 0.5) is 0 Å². The number of phenols is 5. The summed E-state index contributed by atoms with van der Waals surface area (Å²) in [5, 5.41) is 53.1. The molecule has 5 aliphatic rings. The highest BCUT2D eigenvalue weighted by atomic mass is 16.5. The summed E-state index contributed by atoms with van der Waals surface area (Å²) in [6.45, 7) is 0. The molecule has 3 aliphatic heterocycles. The molecule has 5 aromatic rings. The largest absolute Gasteiger partial charge is 0.508 e. The summed E-state index contributed by atoms with van der Waals surface area (Å²) in [6.07, 6.45) is -1.19. The van der Waals surface area contributed by atoms with E-state index >= 15 is 0 Å². The molecule has 0 amide bonds. The summed E-state index contributed by atoms with van der Waals surface area (Å²) < 4.78 is 20.0. The fourth-order valence-corrected chi connectivity index (χ4v) is 8.79. The Hall–Kier alpha value is -6.68. The lowest BCUT2D eigenvalue weighted by molar-refractivity contribution is -0.132. The van der Waals surface area contributed by atoms with Crippen molar-refractivity contribution in [3.63, 3.8) is 0 Å². The second-order valence-electron chi connectivity index (χ2n) is 13.7. The minimum absolute atomic E-state index is 0.0341. The van der Waals surface area contributed by atoms with Crippen molar-refractivity contribution in [3.05, 3.63) is 159 Å². The number of ether oxygens (including phenoxy) is 3. The number of fused-ring (bicyclic) bond motifs is 3. The number of hydrogen-bond acceptors (Lipinski definition) is 10. The van der Waals surface area contributed by atoms with Gasteiger partial charge in [0.1, 0.15) is 64.3 Å². The Bertz CT molecular complexity index is 2440. The summed E-state index contributed by atoms with van der Waals surface area (Å²) in [4.78, 5) is 28.2. The normalized spacial score (nSPS) is 24.7. The maximum Gasteiger partial charge on any atom is 0.230 e. The van der Waals surface area contributed by atoms with Crippen LogP contribution in [0.5, 0.6) is 40.2 Å². The van der Waals surface area contributed by atoms with E-state index in [2.05, 4.69) is 0 Å². The molecule has 6 atom stereocenters. The molecule has 10 heteroatoms. The van der Waals surface area contributed by atoms with Crippen LogP contribution in [0.2, 0.25) is 0 Å². The van der Waals surface area contributed by atoms with Crippen LogP contribution in [0.25, 0.3) is 0 Å². The van der Waals surface area contributed by atoms with E-state index in [9.17, 15) is 35.1 Å². The van der Waals surface area contributed by atoms with Gasteiger partial charge in [-0.25, -0.2) is 0 Å². The fraction of sp³-hybridized carbons (Fsp3) is 0.143. The number of carbonyl (C=O) groups is 2. The Morgan fingerprint density at radius 1 is 0.442 bits per heavy atom. The Morgan fingerprint density at radius 3 is 1.37 bits per heavy atom. The zero-order valence-corrected chi connectivity index (χ0v) is 27.1. The molecule has 0 aromatic heterocycles. The Balaban J connectivity index is 1.34. The van der Waals surface area contributed by atoms with E-state index in [1.54, 1.807) is 60.7 Å². The average Bonchev–Trinajstić information content (AvgIpc) is 3.81. The molecule has 256 valence electrons. The lowest BCUT2D eigenvalue weighted by Crippen LogP contribution is -2.28. The van der Waals surface area contributed by atoms with Gasteiger partial charge in [-0.1, -0.05) is 36.4 Å². The smallest absolute Gasteiger partial charge is 0.230 e. The minimum Gasteiger partial charge on any atom is -0.508 e. The van der Waals surface area contributed by atoms with Crippen molar-refractivity contribution < 1.29 is 49.3 Å². The molecule has 6 unspecified atom stereocenters. The molecule has 2 aliphatic carbocycles. The third-order valence-corrected chi connectivity index (χ3v) is 10.9.